The van der Waals surface area contributed by atoms with Gasteiger partial charge in [0.1, 0.15) is 24.2 Å². The maximum Gasteiger partial charge on any atom is 0.243 e. The van der Waals surface area contributed by atoms with Gasteiger partial charge in [-0.15, -0.1) is 0 Å². The van der Waals surface area contributed by atoms with Crippen LogP contribution in [0.15, 0.2) is 30.5 Å². The molecule has 4 unspecified atom stereocenters. The Labute approximate surface area is 203 Å². The minimum atomic E-state index is -1.01. The zero-order valence-electron chi connectivity index (χ0n) is 20.2. The van der Waals surface area contributed by atoms with Crippen LogP contribution in [-0.4, -0.2) is 65.2 Å². The van der Waals surface area contributed by atoms with Crippen molar-refractivity contribution in [1.29, 1.82) is 0 Å². The molecule has 6 N–H and O–H groups in total. The number of fused-ring (bicyclic) bond motifs is 1. The standard InChI is InChI=1S/C24H32N6O5/c1-12(2)20-24(35)26-11-19(31)27-13(3)21(32)29-18(23(34)28-14(4)22(33)30-20)9-15-10-25-17-8-6-5-7-16(15)17/h5-8,10,12-14,18,20,25H,9,11H2,1-4H3,(H,26,35)(H,27,31)(H,28,34)(H,29,32)(H,30,33). The number of hydrogen-bond donors (Lipinski definition) is 6. The van der Waals surface area contributed by atoms with Crippen molar-refractivity contribution in [1.82, 2.24) is 31.6 Å². The normalized spacial score (nSPS) is 25.1. The Kier molecular flexibility index (Phi) is 8.10. The van der Waals surface area contributed by atoms with Crippen molar-refractivity contribution in [2.24, 2.45) is 5.92 Å². The average molecular weight is 485 g/mol. The molecule has 1 aliphatic rings. The molecule has 0 aliphatic carbocycles. The molecule has 0 radical (unpaired) electrons. The molecule has 35 heavy (non-hydrogen) atoms. The quantitative estimate of drug-likeness (QED) is 0.345. The average Bonchev–Trinajstić information content (AvgIpc) is 3.22. The van der Waals surface area contributed by atoms with E-state index in [1.165, 1.54) is 13.8 Å². The molecule has 0 saturated carbocycles. The van der Waals surface area contributed by atoms with Crippen molar-refractivity contribution in [2.45, 2.75) is 58.3 Å². The van der Waals surface area contributed by atoms with E-state index in [-0.39, 0.29) is 18.9 Å². The van der Waals surface area contributed by atoms with Crippen LogP contribution in [0.1, 0.15) is 33.3 Å². The molecule has 1 fully saturated rings. The number of carbonyl (C=O) groups is 5. The van der Waals surface area contributed by atoms with E-state index in [1.54, 1.807) is 20.0 Å². The minimum absolute atomic E-state index is 0.158. The van der Waals surface area contributed by atoms with Crippen molar-refractivity contribution >= 4 is 40.4 Å². The summed E-state index contributed by atoms with van der Waals surface area (Å²) >= 11 is 0. The number of amides is 5. The monoisotopic (exact) mass is 484 g/mol. The Balaban J connectivity index is 1.89. The number of nitrogens with one attached hydrogen (secondary N) is 6. The SMILES string of the molecule is CC1NC(=O)CNC(=O)C(C(C)C)NC(=O)C(C)NC(=O)C(Cc2c[nH]c3ccccc23)NC1=O. The molecule has 4 atom stereocenters. The van der Waals surface area contributed by atoms with Crippen LogP contribution in [-0.2, 0) is 30.4 Å². The summed E-state index contributed by atoms with van der Waals surface area (Å²) in [5.41, 5.74) is 1.69. The summed E-state index contributed by atoms with van der Waals surface area (Å²) in [7, 11) is 0. The van der Waals surface area contributed by atoms with Crippen molar-refractivity contribution < 1.29 is 24.0 Å². The maximum absolute atomic E-state index is 13.2. The van der Waals surface area contributed by atoms with E-state index >= 15 is 0 Å². The van der Waals surface area contributed by atoms with Crippen molar-refractivity contribution in [3.63, 3.8) is 0 Å². The number of aromatic amines is 1. The van der Waals surface area contributed by atoms with Crippen molar-refractivity contribution in [3.05, 3.63) is 36.0 Å². The van der Waals surface area contributed by atoms with Crippen LogP contribution in [0.4, 0.5) is 0 Å². The smallest absolute Gasteiger partial charge is 0.243 e. The molecule has 0 bridgehead atoms. The third-order valence-corrected chi connectivity index (χ3v) is 5.92. The Morgan fingerprint density at radius 2 is 1.49 bits per heavy atom. The number of rotatable bonds is 3. The fourth-order valence-corrected chi connectivity index (χ4v) is 3.85. The van der Waals surface area contributed by atoms with Gasteiger partial charge >= 0.3 is 0 Å². The van der Waals surface area contributed by atoms with Crippen LogP contribution in [0.3, 0.4) is 0 Å². The summed E-state index contributed by atoms with van der Waals surface area (Å²) in [6.45, 7) is 6.13. The highest BCUT2D eigenvalue weighted by Crippen LogP contribution is 2.19. The minimum Gasteiger partial charge on any atom is -0.361 e. The van der Waals surface area contributed by atoms with Crippen LogP contribution < -0.4 is 26.6 Å². The van der Waals surface area contributed by atoms with Crippen molar-refractivity contribution in [2.75, 3.05) is 6.54 Å². The fourth-order valence-electron chi connectivity index (χ4n) is 3.85. The maximum atomic E-state index is 13.2. The summed E-state index contributed by atoms with van der Waals surface area (Å²) in [6.07, 6.45) is 1.93. The molecule has 1 aromatic carbocycles. The summed E-state index contributed by atoms with van der Waals surface area (Å²) < 4.78 is 0. The van der Waals surface area contributed by atoms with Gasteiger partial charge in [-0.2, -0.15) is 0 Å². The van der Waals surface area contributed by atoms with Crippen LogP contribution >= 0.6 is 0 Å². The van der Waals surface area contributed by atoms with Gasteiger partial charge < -0.3 is 31.6 Å². The van der Waals surface area contributed by atoms with Crippen LogP contribution in [0.2, 0.25) is 0 Å². The van der Waals surface area contributed by atoms with Gasteiger partial charge in [-0.1, -0.05) is 32.0 Å². The lowest BCUT2D eigenvalue weighted by Crippen LogP contribution is -2.57. The second-order valence-corrected chi connectivity index (χ2v) is 9.09. The van der Waals surface area contributed by atoms with Gasteiger partial charge in [-0.05, 0) is 31.4 Å². The highest BCUT2D eigenvalue weighted by atomic mass is 16.2. The lowest BCUT2D eigenvalue weighted by atomic mass is 10.0. The summed E-state index contributed by atoms with van der Waals surface area (Å²) in [6, 6.07) is 3.72. The molecule has 2 aromatic rings. The highest BCUT2D eigenvalue weighted by molar-refractivity contribution is 5.97. The van der Waals surface area contributed by atoms with Gasteiger partial charge in [-0.3, -0.25) is 24.0 Å². The van der Waals surface area contributed by atoms with Gasteiger partial charge in [0.25, 0.3) is 0 Å². The van der Waals surface area contributed by atoms with Gasteiger partial charge in [0.2, 0.25) is 29.5 Å². The largest absolute Gasteiger partial charge is 0.361 e. The third kappa shape index (κ3) is 6.37. The second kappa shape index (κ2) is 11.0. The molecule has 1 aliphatic heterocycles. The van der Waals surface area contributed by atoms with Gasteiger partial charge in [-0.25, -0.2) is 0 Å². The Morgan fingerprint density at radius 1 is 0.829 bits per heavy atom. The zero-order valence-corrected chi connectivity index (χ0v) is 20.2. The molecule has 1 saturated heterocycles. The lowest BCUT2D eigenvalue weighted by molar-refractivity contribution is -0.133. The molecule has 5 amide bonds. The highest BCUT2D eigenvalue weighted by Gasteiger charge is 2.31. The van der Waals surface area contributed by atoms with Gasteiger partial charge in [0.15, 0.2) is 0 Å². The Bertz CT molecular complexity index is 1130. The summed E-state index contributed by atoms with van der Waals surface area (Å²) in [5, 5.41) is 13.8. The summed E-state index contributed by atoms with van der Waals surface area (Å²) in [4.78, 5) is 66.8. The topological polar surface area (TPSA) is 161 Å². The number of aromatic nitrogens is 1. The number of carbonyl (C=O) groups excluding carboxylic acids is 5. The first-order valence-corrected chi connectivity index (χ1v) is 11.6. The summed E-state index contributed by atoms with van der Waals surface area (Å²) in [5.74, 6) is -3.07. The molecule has 1 aromatic heterocycles. The molecule has 11 heteroatoms. The molecule has 2 heterocycles. The third-order valence-electron chi connectivity index (χ3n) is 5.92. The molecular formula is C24H32N6O5. The zero-order chi connectivity index (χ0) is 25.7. The molecular weight excluding hydrogens is 452 g/mol. The first kappa shape index (κ1) is 25.7. The molecule has 3 rings (SSSR count). The van der Waals surface area contributed by atoms with E-state index in [9.17, 15) is 24.0 Å². The molecule has 188 valence electrons. The van der Waals surface area contributed by atoms with Crippen LogP contribution in [0.5, 0.6) is 0 Å². The van der Waals surface area contributed by atoms with Crippen molar-refractivity contribution in [3.8, 4) is 0 Å². The number of para-hydroxylation sites is 1. The first-order chi connectivity index (χ1) is 16.6. The van der Waals surface area contributed by atoms with E-state index in [4.69, 9.17) is 0 Å². The van der Waals surface area contributed by atoms with E-state index < -0.39 is 53.7 Å². The van der Waals surface area contributed by atoms with E-state index in [0.717, 1.165) is 16.5 Å². The van der Waals surface area contributed by atoms with Gasteiger partial charge in [0.05, 0.1) is 6.54 Å². The fraction of sp³-hybridized carbons (Fsp3) is 0.458. The molecule has 11 nitrogen and oxygen atoms in total. The molecule has 0 spiro atoms. The Hall–Kier alpha value is -3.89. The van der Waals surface area contributed by atoms with Gasteiger partial charge in [0, 0.05) is 23.5 Å². The van der Waals surface area contributed by atoms with E-state index in [0.29, 0.717) is 0 Å². The predicted octanol–water partition coefficient (Wildman–Crippen LogP) is -0.525. The second-order valence-electron chi connectivity index (χ2n) is 9.09. The van der Waals surface area contributed by atoms with Crippen LogP contribution in [0.25, 0.3) is 10.9 Å². The Morgan fingerprint density at radius 3 is 2.20 bits per heavy atom. The number of benzene rings is 1. The first-order valence-electron chi connectivity index (χ1n) is 11.6. The predicted molar refractivity (Wildman–Crippen MR) is 129 cm³/mol. The van der Waals surface area contributed by atoms with Crippen LogP contribution in [0, 0.1) is 5.92 Å². The van der Waals surface area contributed by atoms with E-state index in [1.807, 2.05) is 24.3 Å². The number of hydrogen-bond acceptors (Lipinski definition) is 5. The van der Waals surface area contributed by atoms with E-state index in [2.05, 4.69) is 31.6 Å². The number of H-pyrrole nitrogens is 1. The lowest BCUT2D eigenvalue weighted by Gasteiger charge is -2.25.